The Hall–Kier alpha value is -2.95. The average molecular weight is 454 g/mol. The summed E-state index contributed by atoms with van der Waals surface area (Å²) in [6.45, 7) is 10.1. The molecule has 0 fully saturated rings. The summed E-state index contributed by atoms with van der Waals surface area (Å²) in [7, 11) is 1.57. The van der Waals surface area contributed by atoms with Gasteiger partial charge in [-0.3, -0.25) is 0 Å². The lowest BCUT2D eigenvalue weighted by molar-refractivity contribution is 0.212. The third kappa shape index (κ3) is 10.0. The van der Waals surface area contributed by atoms with Crippen LogP contribution in [0.15, 0.2) is 53.7 Å². The average Bonchev–Trinajstić information content (AvgIpc) is 2.77. The molecule has 0 N–H and O–H groups in total. The smallest absolute Gasteiger partial charge is 0.125 e. The maximum absolute atomic E-state index is 6.07. The Balaban J connectivity index is 1.63. The fraction of sp³-hybridized carbons (Fsp3) is 0.464. The summed E-state index contributed by atoms with van der Waals surface area (Å²) in [6.07, 6.45) is 9.06. The van der Waals surface area contributed by atoms with Gasteiger partial charge in [0.1, 0.15) is 31.0 Å². The van der Waals surface area contributed by atoms with E-state index in [2.05, 4.69) is 31.1 Å². The maximum atomic E-state index is 6.07. The van der Waals surface area contributed by atoms with Crippen LogP contribution in [-0.4, -0.2) is 32.6 Å². The first-order chi connectivity index (χ1) is 16.0. The number of allylic oxidation sites excluding steroid dienone is 1. The SMILES string of the molecule is C/C=C/COc1cc(C)c(OCCCCCCOc2cccc(C/C(C)=N/OC)c2)c(C)c1. The first kappa shape index (κ1) is 26.3. The van der Waals surface area contributed by atoms with E-state index < -0.39 is 0 Å². The monoisotopic (exact) mass is 453 g/mol. The second-order valence-electron chi connectivity index (χ2n) is 8.21. The van der Waals surface area contributed by atoms with Crippen LogP contribution < -0.4 is 14.2 Å². The number of nitrogens with zero attached hydrogens (tertiary/aromatic N) is 1. The van der Waals surface area contributed by atoms with Crippen molar-refractivity contribution in [2.45, 2.75) is 59.8 Å². The van der Waals surface area contributed by atoms with Gasteiger partial charge in [-0.2, -0.15) is 0 Å². The molecule has 0 aliphatic rings. The van der Waals surface area contributed by atoms with E-state index in [0.29, 0.717) is 6.61 Å². The minimum atomic E-state index is 0.591. The Labute approximate surface area is 199 Å². The fourth-order valence-electron chi connectivity index (χ4n) is 3.61. The van der Waals surface area contributed by atoms with Crippen molar-refractivity contribution in [1.29, 1.82) is 0 Å². The summed E-state index contributed by atoms with van der Waals surface area (Å²) in [5.41, 5.74) is 4.34. The second-order valence-corrected chi connectivity index (χ2v) is 8.21. The summed E-state index contributed by atoms with van der Waals surface area (Å²) in [5.74, 6) is 2.77. The number of hydrogen-bond acceptors (Lipinski definition) is 5. The molecule has 5 heteroatoms. The van der Waals surface area contributed by atoms with Crippen LogP contribution in [-0.2, 0) is 11.3 Å². The van der Waals surface area contributed by atoms with E-state index in [-0.39, 0.29) is 0 Å². The normalized spacial score (nSPS) is 11.6. The molecule has 0 saturated carbocycles. The Morgan fingerprint density at radius 3 is 2.24 bits per heavy atom. The van der Waals surface area contributed by atoms with Crippen LogP contribution in [0.5, 0.6) is 17.2 Å². The summed E-state index contributed by atoms with van der Waals surface area (Å²) in [5, 5.41) is 3.96. The number of benzene rings is 2. The van der Waals surface area contributed by atoms with Crippen LogP contribution in [0.2, 0.25) is 0 Å². The van der Waals surface area contributed by atoms with E-state index >= 15 is 0 Å². The van der Waals surface area contributed by atoms with E-state index in [1.807, 2.05) is 50.3 Å². The predicted molar refractivity (Wildman–Crippen MR) is 136 cm³/mol. The highest BCUT2D eigenvalue weighted by molar-refractivity contribution is 5.83. The minimum absolute atomic E-state index is 0.591. The van der Waals surface area contributed by atoms with Crippen molar-refractivity contribution in [3.05, 3.63) is 65.2 Å². The molecule has 0 atom stereocenters. The quantitative estimate of drug-likeness (QED) is 0.128. The molecule has 0 aromatic heterocycles. The van der Waals surface area contributed by atoms with Gasteiger partial charge < -0.3 is 19.0 Å². The lowest BCUT2D eigenvalue weighted by atomic mass is 10.1. The third-order valence-electron chi connectivity index (χ3n) is 5.18. The highest BCUT2D eigenvalue weighted by Crippen LogP contribution is 2.28. The van der Waals surface area contributed by atoms with Gasteiger partial charge in [-0.15, -0.1) is 0 Å². The van der Waals surface area contributed by atoms with E-state index in [0.717, 1.165) is 79.4 Å². The molecule has 0 heterocycles. The number of unbranched alkanes of at least 4 members (excludes halogenated alkanes) is 3. The molecule has 180 valence electrons. The number of hydrogen-bond donors (Lipinski definition) is 0. The van der Waals surface area contributed by atoms with E-state index in [1.54, 1.807) is 7.11 Å². The Bertz CT molecular complexity index is 882. The van der Waals surface area contributed by atoms with Crippen LogP contribution in [0, 0.1) is 13.8 Å². The summed E-state index contributed by atoms with van der Waals surface area (Å²) in [4.78, 5) is 4.82. The van der Waals surface area contributed by atoms with Crippen LogP contribution in [0.1, 0.15) is 56.2 Å². The molecule has 2 aromatic carbocycles. The van der Waals surface area contributed by atoms with Crippen molar-refractivity contribution in [3.63, 3.8) is 0 Å². The second kappa shape index (κ2) is 15.0. The molecule has 0 unspecified atom stereocenters. The molecule has 0 amide bonds. The van der Waals surface area contributed by atoms with Gasteiger partial charge >= 0.3 is 0 Å². The van der Waals surface area contributed by atoms with Gasteiger partial charge in [-0.25, -0.2) is 0 Å². The molecule has 5 nitrogen and oxygen atoms in total. The zero-order valence-corrected chi connectivity index (χ0v) is 20.9. The summed E-state index contributed by atoms with van der Waals surface area (Å²) >= 11 is 0. The molecule has 2 rings (SSSR count). The first-order valence-electron chi connectivity index (χ1n) is 11.8. The first-order valence-corrected chi connectivity index (χ1v) is 11.8. The Morgan fingerprint density at radius 2 is 1.58 bits per heavy atom. The molecular weight excluding hydrogens is 414 g/mol. The van der Waals surface area contributed by atoms with Gasteiger partial charge in [0.05, 0.1) is 18.9 Å². The van der Waals surface area contributed by atoms with Crippen LogP contribution >= 0.6 is 0 Å². The lowest BCUT2D eigenvalue weighted by Crippen LogP contribution is -2.03. The van der Waals surface area contributed by atoms with Gasteiger partial charge in [-0.1, -0.05) is 29.4 Å². The highest BCUT2D eigenvalue weighted by Gasteiger charge is 2.07. The van der Waals surface area contributed by atoms with Gasteiger partial charge in [0.25, 0.3) is 0 Å². The standard InChI is InChI=1S/C28H39NO4/c1-6-7-15-32-27-18-22(2)28(23(3)19-27)33-17-11-9-8-10-16-31-26-14-12-13-25(21-26)20-24(4)29-30-5/h6-7,12-14,18-19,21H,8-11,15-17,20H2,1-5H3/b7-6+,29-24+. The number of ether oxygens (including phenoxy) is 3. The topological polar surface area (TPSA) is 49.3 Å². The number of rotatable bonds is 15. The third-order valence-corrected chi connectivity index (χ3v) is 5.18. The summed E-state index contributed by atoms with van der Waals surface area (Å²) in [6, 6.07) is 12.3. The van der Waals surface area contributed by atoms with Crippen LogP contribution in [0.25, 0.3) is 0 Å². The molecule has 0 spiro atoms. The van der Waals surface area contributed by atoms with Crippen LogP contribution in [0.3, 0.4) is 0 Å². The molecule has 33 heavy (non-hydrogen) atoms. The van der Waals surface area contributed by atoms with Gasteiger partial charge in [0.15, 0.2) is 0 Å². The molecule has 0 aliphatic heterocycles. The molecule has 0 bridgehead atoms. The van der Waals surface area contributed by atoms with E-state index in [9.17, 15) is 0 Å². The maximum Gasteiger partial charge on any atom is 0.125 e. The van der Waals surface area contributed by atoms with E-state index in [4.69, 9.17) is 19.0 Å². The highest BCUT2D eigenvalue weighted by atomic mass is 16.6. The van der Waals surface area contributed by atoms with E-state index in [1.165, 1.54) is 5.56 Å². The molecule has 2 aromatic rings. The van der Waals surface area contributed by atoms with Crippen molar-refractivity contribution in [2.24, 2.45) is 5.16 Å². The fourth-order valence-corrected chi connectivity index (χ4v) is 3.61. The number of aryl methyl sites for hydroxylation is 2. The zero-order chi connectivity index (χ0) is 23.9. The molecule has 0 saturated heterocycles. The van der Waals surface area contributed by atoms with Gasteiger partial charge in [-0.05, 0) is 94.3 Å². The minimum Gasteiger partial charge on any atom is -0.494 e. The van der Waals surface area contributed by atoms with Gasteiger partial charge in [0.2, 0.25) is 0 Å². The summed E-state index contributed by atoms with van der Waals surface area (Å²) < 4.78 is 17.7. The van der Waals surface area contributed by atoms with Crippen molar-refractivity contribution in [2.75, 3.05) is 26.9 Å². The van der Waals surface area contributed by atoms with Crippen LogP contribution in [0.4, 0.5) is 0 Å². The molecular formula is C28H39NO4. The largest absolute Gasteiger partial charge is 0.494 e. The zero-order valence-electron chi connectivity index (χ0n) is 20.9. The number of oxime groups is 1. The van der Waals surface area contributed by atoms with Crippen molar-refractivity contribution in [3.8, 4) is 17.2 Å². The van der Waals surface area contributed by atoms with Crippen molar-refractivity contribution < 1.29 is 19.0 Å². The van der Waals surface area contributed by atoms with Crippen molar-refractivity contribution >= 4 is 5.71 Å². The van der Waals surface area contributed by atoms with Crippen molar-refractivity contribution in [1.82, 2.24) is 0 Å². The molecule has 0 radical (unpaired) electrons. The Kier molecular flexibility index (Phi) is 11.9. The van der Waals surface area contributed by atoms with Gasteiger partial charge in [0, 0.05) is 6.42 Å². The lowest BCUT2D eigenvalue weighted by Gasteiger charge is -2.14. The Morgan fingerprint density at radius 1 is 0.879 bits per heavy atom. The molecule has 0 aliphatic carbocycles. The predicted octanol–water partition coefficient (Wildman–Crippen LogP) is 6.84.